The van der Waals surface area contributed by atoms with Gasteiger partial charge in [0.2, 0.25) is 0 Å². The first-order valence-corrected chi connectivity index (χ1v) is 6.45. The molecule has 0 aliphatic heterocycles. The molecule has 2 nitrogen and oxygen atoms in total. The SMILES string of the molecule is Cc1cccc(CCNC(C)c2ccccn2)c1. The number of aromatic nitrogens is 1. The summed E-state index contributed by atoms with van der Waals surface area (Å²) in [5, 5.41) is 3.50. The van der Waals surface area contributed by atoms with Gasteiger partial charge in [-0.3, -0.25) is 4.98 Å². The summed E-state index contributed by atoms with van der Waals surface area (Å²) in [5.74, 6) is 0. The lowest BCUT2D eigenvalue weighted by atomic mass is 10.1. The number of pyridine rings is 1. The lowest BCUT2D eigenvalue weighted by Crippen LogP contribution is -2.22. The first-order valence-electron chi connectivity index (χ1n) is 6.45. The first kappa shape index (κ1) is 12.8. The Bertz CT molecular complexity index is 479. The highest BCUT2D eigenvalue weighted by atomic mass is 14.9. The smallest absolute Gasteiger partial charge is 0.0570 e. The van der Waals surface area contributed by atoms with Crippen LogP contribution < -0.4 is 5.32 Å². The molecular weight excluding hydrogens is 220 g/mol. The second kappa shape index (κ2) is 6.31. The number of benzene rings is 1. The summed E-state index contributed by atoms with van der Waals surface area (Å²) in [5.41, 5.74) is 3.81. The Morgan fingerprint density at radius 3 is 2.78 bits per heavy atom. The van der Waals surface area contributed by atoms with Crippen molar-refractivity contribution in [2.75, 3.05) is 6.54 Å². The largest absolute Gasteiger partial charge is 0.309 e. The topological polar surface area (TPSA) is 24.9 Å². The molecule has 1 aromatic heterocycles. The minimum atomic E-state index is 0.302. The Balaban J connectivity index is 1.82. The Morgan fingerprint density at radius 1 is 1.17 bits per heavy atom. The summed E-state index contributed by atoms with van der Waals surface area (Å²) in [6, 6.07) is 15.0. The summed E-state index contributed by atoms with van der Waals surface area (Å²) >= 11 is 0. The van der Waals surface area contributed by atoms with Crippen molar-refractivity contribution in [3.8, 4) is 0 Å². The van der Waals surface area contributed by atoms with Crippen LogP contribution in [0.1, 0.15) is 29.8 Å². The van der Waals surface area contributed by atoms with Gasteiger partial charge in [-0.2, -0.15) is 0 Å². The number of nitrogens with zero attached hydrogens (tertiary/aromatic N) is 1. The van der Waals surface area contributed by atoms with Crippen molar-refractivity contribution in [3.63, 3.8) is 0 Å². The fourth-order valence-electron chi connectivity index (χ4n) is 2.04. The zero-order valence-electron chi connectivity index (χ0n) is 11.1. The van der Waals surface area contributed by atoms with Gasteiger partial charge in [-0.1, -0.05) is 35.9 Å². The van der Waals surface area contributed by atoms with Gasteiger partial charge >= 0.3 is 0 Å². The van der Waals surface area contributed by atoms with Crippen LogP contribution in [-0.2, 0) is 6.42 Å². The van der Waals surface area contributed by atoms with Gasteiger partial charge in [-0.05, 0) is 44.5 Å². The van der Waals surface area contributed by atoms with Gasteiger partial charge in [-0.15, -0.1) is 0 Å². The highest BCUT2D eigenvalue weighted by Crippen LogP contribution is 2.08. The molecule has 2 heteroatoms. The minimum absolute atomic E-state index is 0.302. The van der Waals surface area contributed by atoms with E-state index >= 15 is 0 Å². The van der Waals surface area contributed by atoms with Crippen molar-refractivity contribution >= 4 is 0 Å². The number of hydrogen-bond acceptors (Lipinski definition) is 2. The van der Waals surface area contributed by atoms with E-state index in [1.54, 1.807) is 0 Å². The molecule has 0 amide bonds. The van der Waals surface area contributed by atoms with Crippen LogP contribution in [0.25, 0.3) is 0 Å². The van der Waals surface area contributed by atoms with Crippen molar-refractivity contribution in [2.24, 2.45) is 0 Å². The molecule has 0 aliphatic carbocycles. The standard InChI is InChI=1S/C16H20N2/c1-13-6-5-7-15(12-13)9-11-17-14(2)16-8-3-4-10-18-16/h3-8,10,12,14,17H,9,11H2,1-2H3. The highest BCUT2D eigenvalue weighted by molar-refractivity contribution is 5.22. The maximum atomic E-state index is 4.36. The van der Waals surface area contributed by atoms with Gasteiger partial charge in [0.15, 0.2) is 0 Å². The van der Waals surface area contributed by atoms with Gasteiger partial charge in [0, 0.05) is 12.2 Å². The number of aryl methyl sites for hydroxylation is 1. The number of nitrogens with one attached hydrogen (secondary N) is 1. The van der Waals surface area contributed by atoms with E-state index in [2.05, 4.69) is 54.5 Å². The normalized spacial score (nSPS) is 12.3. The van der Waals surface area contributed by atoms with Crippen LogP contribution >= 0.6 is 0 Å². The minimum Gasteiger partial charge on any atom is -0.309 e. The fraction of sp³-hybridized carbons (Fsp3) is 0.312. The molecule has 0 radical (unpaired) electrons. The quantitative estimate of drug-likeness (QED) is 0.867. The predicted molar refractivity (Wildman–Crippen MR) is 75.5 cm³/mol. The molecule has 1 atom stereocenters. The van der Waals surface area contributed by atoms with Crippen LogP contribution in [-0.4, -0.2) is 11.5 Å². The van der Waals surface area contributed by atoms with E-state index in [4.69, 9.17) is 0 Å². The summed E-state index contributed by atoms with van der Waals surface area (Å²) in [4.78, 5) is 4.36. The molecule has 2 aromatic rings. The van der Waals surface area contributed by atoms with Gasteiger partial charge in [0.25, 0.3) is 0 Å². The van der Waals surface area contributed by atoms with Crippen molar-refractivity contribution < 1.29 is 0 Å². The Kier molecular flexibility index (Phi) is 4.48. The molecule has 94 valence electrons. The van der Waals surface area contributed by atoms with Crippen molar-refractivity contribution in [3.05, 3.63) is 65.5 Å². The second-order valence-corrected chi connectivity index (χ2v) is 4.67. The molecule has 0 saturated carbocycles. The molecule has 2 rings (SSSR count). The van der Waals surface area contributed by atoms with Crippen LogP contribution in [0.15, 0.2) is 48.7 Å². The monoisotopic (exact) mass is 240 g/mol. The Labute approximate surface area is 109 Å². The lowest BCUT2D eigenvalue weighted by molar-refractivity contribution is 0.564. The summed E-state index contributed by atoms with van der Waals surface area (Å²) < 4.78 is 0. The Morgan fingerprint density at radius 2 is 2.06 bits per heavy atom. The average molecular weight is 240 g/mol. The maximum absolute atomic E-state index is 4.36. The fourth-order valence-corrected chi connectivity index (χ4v) is 2.04. The molecule has 18 heavy (non-hydrogen) atoms. The first-order chi connectivity index (χ1) is 8.75. The average Bonchev–Trinajstić information content (AvgIpc) is 2.40. The van der Waals surface area contributed by atoms with Gasteiger partial charge < -0.3 is 5.32 Å². The lowest BCUT2D eigenvalue weighted by Gasteiger charge is -2.13. The molecule has 0 spiro atoms. The van der Waals surface area contributed by atoms with Crippen molar-refractivity contribution in [1.82, 2.24) is 10.3 Å². The van der Waals surface area contributed by atoms with Crippen molar-refractivity contribution in [1.29, 1.82) is 0 Å². The van der Waals surface area contributed by atoms with E-state index in [9.17, 15) is 0 Å². The molecule has 0 saturated heterocycles. The van der Waals surface area contributed by atoms with E-state index in [-0.39, 0.29) is 0 Å². The van der Waals surface area contributed by atoms with E-state index in [0.29, 0.717) is 6.04 Å². The van der Waals surface area contributed by atoms with Gasteiger partial charge in [-0.25, -0.2) is 0 Å². The van der Waals surface area contributed by atoms with Gasteiger partial charge in [0.05, 0.1) is 5.69 Å². The van der Waals surface area contributed by atoms with Crippen LogP contribution in [0, 0.1) is 6.92 Å². The Hall–Kier alpha value is -1.67. The molecular formula is C16H20N2. The molecule has 0 aliphatic rings. The van der Waals surface area contributed by atoms with Crippen LogP contribution in [0.2, 0.25) is 0 Å². The third kappa shape index (κ3) is 3.67. The summed E-state index contributed by atoms with van der Waals surface area (Å²) in [6.45, 7) is 5.26. The summed E-state index contributed by atoms with van der Waals surface area (Å²) in [7, 11) is 0. The van der Waals surface area contributed by atoms with Crippen LogP contribution in [0.4, 0.5) is 0 Å². The van der Waals surface area contributed by atoms with Gasteiger partial charge in [0.1, 0.15) is 0 Å². The maximum Gasteiger partial charge on any atom is 0.0570 e. The second-order valence-electron chi connectivity index (χ2n) is 4.67. The zero-order valence-corrected chi connectivity index (χ0v) is 11.1. The molecule has 0 bridgehead atoms. The summed E-state index contributed by atoms with van der Waals surface area (Å²) in [6.07, 6.45) is 2.90. The van der Waals surface area contributed by atoms with E-state index in [0.717, 1.165) is 18.7 Å². The highest BCUT2D eigenvalue weighted by Gasteiger charge is 2.04. The predicted octanol–water partition coefficient (Wildman–Crippen LogP) is 3.28. The van der Waals surface area contributed by atoms with Crippen molar-refractivity contribution in [2.45, 2.75) is 26.3 Å². The third-order valence-electron chi connectivity index (χ3n) is 3.08. The molecule has 1 aromatic carbocycles. The zero-order chi connectivity index (χ0) is 12.8. The number of rotatable bonds is 5. The third-order valence-corrected chi connectivity index (χ3v) is 3.08. The molecule has 1 N–H and O–H groups in total. The number of hydrogen-bond donors (Lipinski definition) is 1. The molecule has 1 unspecified atom stereocenters. The van der Waals surface area contributed by atoms with E-state index in [1.807, 2.05) is 18.3 Å². The van der Waals surface area contributed by atoms with Crippen LogP contribution in [0.5, 0.6) is 0 Å². The van der Waals surface area contributed by atoms with E-state index < -0.39 is 0 Å². The van der Waals surface area contributed by atoms with E-state index in [1.165, 1.54) is 11.1 Å². The van der Waals surface area contributed by atoms with Crippen LogP contribution in [0.3, 0.4) is 0 Å². The molecule has 1 heterocycles. The molecule has 0 fully saturated rings.